The van der Waals surface area contributed by atoms with E-state index in [2.05, 4.69) is 114 Å². The molecule has 0 aliphatic carbocycles. The third-order valence-electron chi connectivity index (χ3n) is 9.62. The predicted octanol–water partition coefficient (Wildman–Crippen LogP) is 11.1. The Morgan fingerprint density at radius 1 is 0.348 bits per heavy atom. The first-order valence-corrected chi connectivity index (χ1v) is 18.7. The maximum atomic E-state index is 4.89. The second-order valence-electron chi connectivity index (χ2n) is 13.2. The van der Waals surface area contributed by atoms with Crippen molar-refractivity contribution in [2.24, 2.45) is 0 Å². The molecular weight excluding hydrogens is 575 g/mol. The smallest absolute Gasteiger partial charge is 0.164 e. The summed E-state index contributed by atoms with van der Waals surface area (Å²) in [6, 6.07) is 47.1. The number of hydrogen-bond donors (Lipinski definition) is 0. The lowest BCUT2D eigenvalue weighted by atomic mass is 9.98. The molecule has 0 aliphatic rings. The second kappa shape index (κ2) is 13.4. The molecule has 5 aromatic carbocycles. The fraction of sp³-hybridized carbons (Fsp3) is 0.214. The van der Waals surface area contributed by atoms with E-state index in [1.807, 2.05) is 60.7 Å². The van der Waals surface area contributed by atoms with Crippen LogP contribution >= 0.6 is 0 Å². The zero-order valence-electron chi connectivity index (χ0n) is 27.8. The lowest BCUT2D eigenvalue weighted by molar-refractivity contribution is 0.835. The van der Waals surface area contributed by atoms with Crippen LogP contribution in [0, 0.1) is 0 Å². The summed E-state index contributed by atoms with van der Waals surface area (Å²) in [7, 11) is -1.68. The standard InChI is InChI=1S/C42H43N3Si/c1-29(2)46(30(3)4,31(5)6)39-26-24-33(25-27-39)38-19-13-18-37(28-38)32-20-22-36(23-21-32)42-44-40(34-14-9-7-10-15-34)43-41(45-42)35-16-11-8-12-17-35/h7-31H,1-6H3. The van der Waals surface area contributed by atoms with Gasteiger partial charge in [0.1, 0.15) is 0 Å². The van der Waals surface area contributed by atoms with Crippen LogP contribution in [-0.4, -0.2) is 23.0 Å². The van der Waals surface area contributed by atoms with Crippen LogP contribution in [0.2, 0.25) is 16.6 Å². The molecule has 6 aromatic rings. The number of nitrogens with zero attached hydrogens (tertiary/aromatic N) is 3. The van der Waals surface area contributed by atoms with Gasteiger partial charge in [0, 0.05) is 16.7 Å². The van der Waals surface area contributed by atoms with E-state index in [4.69, 9.17) is 15.0 Å². The number of benzene rings is 5. The molecule has 6 rings (SSSR count). The largest absolute Gasteiger partial charge is 0.208 e. The topological polar surface area (TPSA) is 38.7 Å². The van der Waals surface area contributed by atoms with Crippen LogP contribution in [-0.2, 0) is 0 Å². The zero-order valence-corrected chi connectivity index (χ0v) is 28.8. The van der Waals surface area contributed by atoms with Crippen molar-refractivity contribution in [2.75, 3.05) is 0 Å². The molecule has 230 valence electrons. The molecule has 4 heteroatoms. The van der Waals surface area contributed by atoms with E-state index >= 15 is 0 Å². The molecule has 0 unspecified atom stereocenters. The zero-order chi connectivity index (χ0) is 32.3. The Morgan fingerprint density at radius 3 is 1.07 bits per heavy atom. The summed E-state index contributed by atoms with van der Waals surface area (Å²) < 4.78 is 0. The van der Waals surface area contributed by atoms with Gasteiger partial charge in [0.15, 0.2) is 17.5 Å². The third-order valence-corrected chi connectivity index (χ3v) is 16.7. The minimum Gasteiger partial charge on any atom is -0.208 e. The molecule has 0 saturated heterocycles. The maximum Gasteiger partial charge on any atom is 0.164 e. The van der Waals surface area contributed by atoms with Gasteiger partial charge in [-0.3, -0.25) is 0 Å². The highest BCUT2D eigenvalue weighted by Crippen LogP contribution is 2.41. The van der Waals surface area contributed by atoms with Crippen molar-refractivity contribution in [3.05, 3.63) is 133 Å². The molecule has 46 heavy (non-hydrogen) atoms. The van der Waals surface area contributed by atoms with Gasteiger partial charge in [-0.15, -0.1) is 0 Å². The minimum absolute atomic E-state index is 0.664. The van der Waals surface area contributed by atoms with E-state index in [-0.39, 0.29) is 0 Å². The average molecular weight is 618 g/mol. The van der Waals surface area contributed by atoms with Gasteiger partial charge >= 0.3 is 0 Å². The van der Waals surface area contributed by atoms with Crippen molar-refractivity contribution in [1.29, 1.82) is 0 Å². The highest BCUT2D eigenvalue weighted by Gasteiger charge is 2.44. The molecule has 0 aliphatic heterocycles. The van der Waals surface area contributed by atoms with Crippen LogP contribution in [0.1, 0.15) is 41.5 Å². The van der Waals surface area contributed by atoms with Crippen LogP contribution in [0.15, 0.2) is 133 Å². The van der Waals surface area contributed by atoms with E-state index in [0.717, 1.165) is 22.3 Å². The fourth-order valence-corrected chi connectivity index (χ4v) is 14.3. The molecule has 0 fully saturated rings. The quantitative estimate of drug-likeness (QED) is 0.152. The van der Waals surface area contributed by atoms with Crippen LogP contribution in [0.4, 0.5) is 0 Å². The Bertz CT molecular complexity index is 1820. The maximum absolute atomic E-state index is 4.89. The van der Waals surface area contributed by atoms with Gasteiger partial charge in [0.2, 0.25) is 0 Å². The molecule has 1 aromatic heterocycles. The number of aromatic nitrogens is 3. The predicted molar refractivity (Wildman–Crippen MR) is 198 cm³/mol. The van der Waals surface area contributed by atoms with E-state index in [1.165, 1.54) is 16.7 Å². The van der Waals surface area contributed by atoms with Crippen LogP contribution in [0.3, 0.4) is 0 Å². The molecule has 0 bridgehead atoms. The summed E-state index contributed by atoms with van der Waals surface area (Å²) in [5.41, 5.74) is 9.81. The van der Waals surface area contributed by atoms with Crippen LogP contribution in [0.25, 0.3) is 56.4 Å². The molecule has 3 nitrogen and oxygen atoms in total. The van der Waals surface area contributed by atoms with Gasteiger partial charge < -0.3 is 0 Å². The highest BCUT2D eigenvalue weighted by atomic mass is 28.3. The van der Waals surface area contributed by atoms with Crippen LogP contribution in [0.5, 0.6) is 0 Å². The lowest BCUT2D eigenvalue weighted by Gasteiger charge is -2.43. The van der Waals surface area contributed by atoms with Gasteiger partial charge in [-0.25, -0.2) is 15.0 Å². The average Bonchev–Trinajstić information content (AvgIpc) is 3.09. The fourth-order valence-electron chi connectivity index (χ4n) is 7.58. The Hall–Kier alpha value is -4.67. The van der Waals surface area contributed by atoms with E-state index < -0.39 is 8.07 Å². The van der Waals surface area contributed by atoms with Gasteiger partial charge in [-0.2, -0.15) is 0 Å². The van der Waals surface area contributed by atoms with Gasteiger partial charge in [-0.05, 0) is 44.9 Å². The Morgan fingerprint density at radius 2 is 0.674 bits per heavy atom. The Balaban J connectivity index is 1.31. The molecule has 0 saturated carbocycles. The third kappa shape index (κ3) is 6.10. The van der Waals surface area contributed by atoms with Crippen molar-refractivity contribution in [3.63, 3.8) is 0 Å². The van der Waals surface area contributed by atoms with Gasteiger partial charge in [0.25, 0.3) is 0 Å². The normalized spacial score (nSPS) is 11.8. The van der Waals surface area contributed by atoms with Gasteiger partial charge in [-0.1, -0.05) is 174 Å². The molecular formula is C42H43N3Si. The summed E-state index contributed by atoms with van der Waals surface area (Å²) >= 11 is 0. The van der Waals surface area contributed by atoms with Crippen molar-refractivity contribution in [1.82, 2.24) is 15.0 Å². The second-order valence-corrected chi connectivity index (χ2v) is 19.1. The van der Waals surface area contributed by atoms with Gasteiger partial charge in [0.05, 0.1) is 8.07 Å². The van der Waals surface area contributed by atoms with Crippen molar-refractivity contribution >= 4 is 13.3 Å². The molecule has 0 spiro atoms. The Kier molecular flexibility index (Phi) is 9.09. The molecule has 0 radical (unpaired) electrons. The first-order chi connectivity index (χ1) is 22.3. The van der Waals surface area contributed by atoms with Crippen molar-refractivity contribution < 1.29 is 0 Å². The SMILES string of the molecule is CC(C)[Si](c1ccc(-c2cccc(-c3ccc(-c4nc(-c5ccccc5)nc(-c5ccccc5)n4)cc3)c2)cc1)(C(C)C)C(C)C. The molecule has 0 amide bonds. The Labute approximate surface area is 275 Å². The summed E-state index contributed by atoms with van der Waals surface area (Å²) in [5, 5.41) is 1.58. The number of hydrogen-bond acceptors (Lipinski definition) is 3. The molecule has 1 heterocycles. The summed E-state index contributed by atoms with van der Waals surface area (Å²) in [4.78, 5) is 14.6. The highest BCUT2D eigenvalue weighted by molar-refractivity contribution is 6.95. The van der Waals surface area contributed by atoms with E-state index in [1.54, 1.807) is 5.19 Å². The number of rotatable bonds is 9. The molecule has 0 atom stereocenters. The summed E-state index contributed by atoms with van der Waals surface area (Å²) in [6.07, 6.45) is 0. The van der Waals surface area contributed by atoms with E-state index in [9.17, 15) is 0 Å². The summed E-state index contributed by atoms with van der Waals surface area (Å²) in [6.45, 7) is 14.6. The summed E-state index contributed by atoms with van der Waals surface area (Å²) in [5.74, 6) is 2.00. The van der Waals surface area contributed by atoms with Crippen LogP contribution < -0.4 is 5.19 Å². The lowest BCUT2D eigenvalue weighted by Crippen LogP contribution is -2.55. The monoisotopic (exact) mass is 617 g/mol. The first-order valence-electron chi connectivity index (χ1n) is 16.5. The van der Waals surface area contributed by atoms with Crippen molar-refractivity contribution in [2.45, 2.75) is 58.2 Å². The minimum atomic E-state index is -1.68. The van der Waals surface area contributed by atoms with Crippen molar-refractivity contribution in [3.8, 4) is 56.4 Å². The first kappa shape index (κ1) is 31.3. The van der Waals surface area contributed by atoms with E-state index in [0.29, 0.717) is 34.1 Å². The molecule has 0 N–H and O–H groups in total.